The van der Waals surface area contributed by atoms with Gasteiger partial charge in [0, 0.05) is 11.6 Å². The summed E-state index contributed by atoms with van der Waals surface area (Å²) in [7, 11) is 0. The summed E-state index contributed by atoms with van der Waals surface area (Å²) in [5.74, 6) is -0.393. The van der Waals surface area contributed by atoms with Crippen molar-refractivity contribution in [3.05, 3.63) is 91.1 Å². The van der Waals surface area contributed by atoms with Crippen LogP contribution >= 0.6 is 11.6 Å². The van der Waals surface area contributed by atoms with Crippen molar-refractivity contribution in [3.63, 3.8) is 0 Å². The molecule has 0 bridgehead atoms. The highest BCUT2D eigenvalue weighted by atomic mass is 35.5. The van der Waals surface area contributed by atoms with Crippen LogP contribution in [0, 0.1) is 0 Å². The predicted molar refractivity (Wildman–Crippen MR) is 99.3 cm³/mol. The van der Waals surface area contributed by atoms with Crippen LogP contribution < -0.4 is 16.6 Å². The van der Waals surface area contributed by atoms with Crippen LogP contribution in [0.4, 0.5) is 0 Å². The number of benzene rings is 2. The first-order valence-electron chi connectivity index (χ1n) is 8.21. The van der Waals surface area contributed by atoms with Crippen molar-refractivity contribution in [1.29, 1.82) is 0 Å². The summed E-state index contributed by atoms with van der Waals surface area (Å²) in [4.78, 5) is 27.2. The van der Waals surface area contributed by atoms with Gasteiger partial charge in [0.25, 0.3) is 5.56 Å². The highest BCUT2D eigenvalue weighted by Crippen LogP contribution is 2.31. The van der Waals surface area contributed by atoms with E-state index in [2.05, 4.69) is 10.3 Å². The van der Waals surface area contributed by atoms with Gasteiger partial charge in [0.1, 0.15) is 0 Å². The molecule has 0 saturated heterocycles. The molecule has 0 spiro atoms. The summed E-state index contributed by atoms with van der Waals surface area (Å²) in [6, 6.07) is 13.8. The van der Waals surface area contributed by atoms with Crippen LogP contribution in [0.5, 0.6) is 5.88 Å². The third-order valence-electron chi connectivity index (χ3n) is 4.58. The first-order valence-corrected chi connectivity index (χ1v) is 8.59. The predicted octanol–water partition coefficient (Wildman–Crippen LogP) is 2.12. The first-order chi connectivity index (χ1) is 12.6. The number of hydrogen-bond acceptors (Lipinski definition) is 4. The molecule has 0 amide bonds. The second kappa shape index (κ2) is 6.48. The Bertz CT molecular complexity index is 1100. The van der Waals surface area contributed by atoms with E-state index in [1.165, 1.54) is 0 Å². The molecule has 1 aliphatic heterocycles. The fraction of sp³-hybridized carbons (Fsp3) is 0.158. The maximum atomic E-state index is 12.5. The van der Waals surface area contributed by atoms with Crippen molar-refractivity contribution >= 4 is 11.6 Å². The summed E-state index contributed by atoms with van der Waals surface area (Å²) < 4.78 is 1.06. The van der Waals surface area contributed by atoms with Crippen molar-refractivity contribution in [2.45, 2.75) is 12.5 Å². The molecule has 2 aromatic carbocycles. The van der Waals surface area contributed by atoms with E-state index in [4.69, 9.17) is 11.6 Å². The fourth-order valence-electron chi connectivity index (χ4n) is 3.42. The number of H-pyrrole nitrogens is 1. The van der Waals surface area contributed by atoms with Crippen LogP contribution in [0.25, 0.3) is 5.69 Å². The van der Waals surface area contributed by atoms with Gasteiger partial charge in [-0.2, -0.15) is 0 Å². The van der Waals surface area contributed by atoms with Crippen LogP contribution in [-0.2, 0) is 6.42 Å². The van der Waals surface area contributed by atoms with Gasteiger partial charge in [-0.05, 0) is 35.7 Å². The van der Waals surface area contributed by atoms with E-state index in [0.717, 1.165) is 22.1 Å². The lowest BCUT2D eigenvalue weighted by molar-refractivity contribution is 0.410. The highest BCUT2D eigenvalue weighted by Gasteiger charge is 2.28. The lowest BCUT2D eigenvalue weighted by atomic mass is 9.90. The zero-order valence-corrected chi connectivity index (χ0v) is 14.5. The van der Waals surface area contributed by atoms with E-state index < -0.39 is 23.2 Å². The van der Waals surface area contributed by atoms with E-state index in [1.807, 2.05) is 24.3 Å². The number of hydrogen-bond donors (Lipinski definition) is 3. The molecule has 4 rings (SSSR count). The van der Waals surface area contributed by atoms with Crippen molar-refractivity contribution in [1.82, 2.24) is 14.9 Å². The minimum atomic E-state index is -0.720. The summed E-state index contributed by atoms with van der Waals surface area (Å²) >= 11 is 6.00. The van der Waals surface area contributed by atoms with Gasteiger partial charge >= 0.3 is 5.69 Å². The molecule has 3 aromatic rings. The van der Waals surface area contributed by atoms with Crippen molar-refractivity contribution in [2.24, 2.45) is 0 Å². The van der Waals surface area contributed by atoms with Crippen LogP contribution in [0.3, 0.4) is 0 Å². The lowest BCUT2D eigenvalue weighted by Crippen LogP contribution is -2.38. The van der Waals surface area contributed by atoms with Gasteiger partial charge in [-0.25, -0.2) is 9.36 Å². The average Bonchev–Trinajstić information content (AvgIpc) is 2.61. The summed E-state index contributed by atoms with van der Waals surface area (Å²) in [6.07, 6.45) is 0.833. The summed E-state index contributed by atoms with van der Waals surface area (Å²) in [5.41, 5.74) is 1.17. The Hall–Kier alpha value is -2.83. The number of fused-ring (bicyclic) bond motifs is 1. The standard InChI is InChI=1S/C19H16ClN3O3/c20-12-5-3-6-13(10-12)23-18(25)15(17(24)22-19(23)26)16-14-7-2-1-4-11(14)8-9-21-16/h1-7,10,16,21,25H,8-9H2,(H,22,24,26)/t16-/m0/s1. The van der Waals surface area contributed by atoms with Gasteiger partial charge in [-0.3, -0.25) is 9.78 Å². The minimum Gasteiger partial charge on any atom is -0.494 e. The Morgan fingerprint density at radius 1 is 1.12 bits per heavy atom. The molecule has 0 unspecified atom stereocenters. The Balaban J connectivity index is 1.96. The molecule has 26 heavy (non-hydrogen) atoms. The van der Waals surface area contributed by atoms with E-state index >= 15 is 0 Å². The smallest absolute Gasteiger partial charge is 0.335 e. The minimum absolute atomic E-state index is 0.108. The molecule has 0 aliphatic carbocycles. The van der Waals surface area contributed by atoms with Crippen LogP contribution in [-0.4, -0.2) is 21.2 Å². The SMILES string of the molecule is O=c1[nH]c(=O)n(-c2cccc(Cl)c2)c(O)c1[C@H]1NCCc2ccccc21. The van der Waals surface area contributed by atoms with Crippen molar-refractivity contribution in [2.75, 3.05) is 6.54 Å². The van der Waals surface area contributed by atoms with E-state index in [-0.39, 0.29) is 5.56 Å². The molecule has 7 heteroatoms. The Morgan fingerprint density at radius 3 is 2.73 bits per heavy atom. The second-order valence-electron chi connectivity index (χ2n) is 6.15. The van der Waals surface area contributed by atoms with Gasteiger partial charge in [0.2, 0.25) is 5.88 Å². The number of halogens is 1. The normalized spacial score (nSPS) is 16.3. The van der Waals surface area contributed by atoms with Gasteiger partial charge in [0.15, 0.2) is 0 Å². The van der Waals surface area contributed by atoms with Crippen LogP contribution in [0.2, 0.25) is 5.02 Å². The monoisotopic (exact) mass is 369 g/mol. The zero-order valence-electron chi connectivity index (χ0n) is 13.7. The second-order valence-corrected chi connectivity index (χ2v) is 6.58. The van der Waals surface area contributed by atoms with Crippen molar-refractivity contribution < 1.29 is 5.11 Å². The van der Waals surface area contributed by atoms with Gasteiger partial charge in [-0.1, -0.05) is 41.9 Å². The van der Waals surface area contributed by atoms with Crippen molar-refractivity contribution in [3.8, 4) is 11.6 Å². The Kier molecular flexibility index (Phi) is 4.14. The molecular formula is C19H16ClN3O3. The number of aromatic nitrogens is 2. The molecule has 1 aromatic heterocycles. The van der Waals surface area contributed by atoms with Gasteiger partial charge in [0.05, 0.1) is 17.3 Å². The maximum Gasteiger partial charge on any atom is 0.335 e. The highest BCUT2D eigenvalue weighted by molar-refractivity contribution is 6.30. The van der Waals surface area contributed by atoms with Gasteiger partial charge < -0.3 is 10.4 Å². The molecule has 3 N–H and O–H groups in total. The van der Waals surface area contributed by atoms with E-state index in [0.29, 0.717) is 17.3 Å². The number of aromatic amines is 1. The Labute approximate surface area is 153 Å². The van der Waals surface area contributed by atoms with Crippen LogP contribution in [0.15, 0.2) is 58.1 Å². The molecule has 2 heterocycles. The third-order valence-corrected chi connectivity index (χ3v) is 4.82. The number of rotatable bonds is 2. The third kappa shape index (κ3) is 2.73. The molecule has 0 fully saturated rings. The molecular weight excluding hydrogens is 354 g/mol. The fourth-order valence-corrected chi connectivity index (χ4v) is 3.60. The number of nitrogens with one attached hydrogen (secondary N) is 2. The van der Waals surface area contributed by atoms with E-state index in [9.17, 15) is 14.7 Å². The summed E-state index contributed by atoms with van der Waals surface area (Å²) in [6.45, 7) is 0.664. The zero-order chi connectivity index (χ0) is 18.3. The molecule has 0 radical (unpaired) electrons. The largest absolute Gasteiger partial charge is 0.494 e. The first kappa shape index (κ1) is 16.6. The summed E-state index contributed by atoms with van der Waals surface area (Å²) in [5, 5.41) is 14.5. The van der Waals surface area contributed by atoms with Crippen LogP contribution in [0.1, 0.15) is 22.7 Å². The molecule has 1 aliphatic rings. The molecule has 1 atom stereocenters. The van der Waals surface area contributed by atoms with E-state index in [1.54, 1.807) is 24.3 Å². The Morgan fingerprint density at radius 2 is 1.92 bits per heavy atom. The molecule has 6 nitrogen and oxygen atoms in total. The maximum absolute atomic E-state index is 12.5. The lowest BCUT2D eigenvalue weighted by Gasteiger charge is -2.27. The average molecular weight is 370 g/mol. The number of nitrogens with zero attached hydrogens (tertiary/aromatic N) is 1. The molecule has 132 valence electrons. The van der Waals surface area contributed by atoms with Gasteiger partial charge in [-0.15, -0.1) is 0 Å². The molecule has 0 saturated carbocycles. The quantitative estimate of drug-likeness (QED) is 0.645. The number of aromatic hydroxyl groups is 1. The topological polar surface area (TPSA) is 87.1 Å².